The van der Waals surface area contributed by atoms with Gasteiger partial charge in [-0.1, -0.05) is 200 Å². The van der Waals surface area contributed by atoms with Gasteiger partial charge in [0.05, 0.1) is 39.0 Å². The summed E-state index contributed by atoms with van der Waals surface area (Å²) in [6, 6.07) is 76.5. The van der Waals surface area contributed by atoms with Gasteiger partial charge >= 0.3 is 0 Å². The fourth-order valence-corrected chi connectivity index (χ4v) is 11.6. The van der Waals surface area contributed by atoms with Crippen molar-refractivity contribution < 1.29 is 0 Å². The maximum absolute atomic E-state index is 5.54. The first-order valence-electron chi connectivity index (χ1n) is 21.1. The summed E-state index contributed by atoms with van der Waals surface area (Å²) >= 11 is 1.90. The molecule has 62 heavy (non-hydrogen) atoms. The quantitative estimate of drug-likeness (QED) is 0.166. The maximum Gasteiger partial charge on any atom is 0.0973 e. The Bertz CT molecular complexity index is 3560. The molecule has 0 bridgehead atoms. The number of hydrogen-bond acceptors (Lipinski definition) is 4. The first-order chi connectivity index (χ1) is 30.7. The zero-order valence-corrected chi connectivity index (χ0v) is 34.3. The van der Waals surface area contributed by atoms with Crippen LogP contribution in [0.2, 0.25) is 0 Å². The van der Waals surface area contributed by atoms with Crippen molar-refractivity contribution in [1.82, 2.24) is 15.0 Å². The number of nitrogens with zero attached hydrogens (tertiary/aromatic N) is 3. The van der Waals surface area contributed by atoms with Crippen molar-refractivity contribution in [1.29, 1.82) is 0 Å². The van der Waals surface area contributed by atoms with Crippen LogP contribution in [-0.4, -0.2) is 15.0 Å². The van der Waals surface area contributed by atoms with E-state index in [9.17, 15) is 0 Å². The molecule has 0 N–H and O–H groups in total. The van der Waals surface area contributed by atoms with Crippen molar-refractivity contribution >= 4 is 44.5 Å². The highest BCUT2D eigenvalue weighted by Crippen LogP contribution is 2.63. The molecule has 1 spiro atoms. The first kappa shape index (κ1) is 35.1. The van der Waals surface area contributed by atoms with Gasteiger partial charge in [-0.05, 0) is 68.8 Å². The molecular weight excluding hydrogens is 771 g/mol. The van der Waals surface area contributed by atoms with Crippen LogP contribution < -0.4 is 0 Å². The fraction of sp³-hybridized carbons (Fsp3) is 0.0172. The number of hydrogen-bond donors (Lipinski definition) is 0. The Morgan fingerprint density at radius 3 is 1.45 bits per heavy atom. The highest BCUT2D eigenvalue weighted by molar-refractivity contribution is 7.99. The maximum atomic E-state index is 5.54. The first-order valence-corrected chi connectivity index (χ1v) is 21.9. The lowest BCUT2D eigenvalue weighted by Crippen LogP contribution is -2.32. The van der Waals surface area contributed by atoms with E-state index < -0.39 is 5.41 Å². The number of aromatic nitrogens is 3. The second-order valence-corrected chi connectivity index (χ2v) is 17.3. The summed E-state index contributed by atoms with van der Waals surface area (Å²) in [7, 11) is 0. The molecule has 3 heterocycles. The van der Waals surface area contributed by atoms with Crippen LogP contribution in [0.15, 0.2) is 222 Å². The Labute approximate surface area is 363 Å². The molecule has 0 amide bonds. The molecule has 3 nitrogen and oxygen atoms in total. The smallest absolute Gasteiger partial charge is 0.0973 e. The Kier molecular flexibility index (Phi) is 7.75. The minimum absolute atomic E-state index is 0.466. The molecule has 0 saturated carbocycles. The molecule has 9 aromatic carbocycles. The van der Waals surface area contributed by atoms with Gasteiger partial charge in [0.1, 0.15) is 0 Å². The third-order valence-electron chi connectivity index (χ3n) is 12.9. The van der Waals surface area contributed by atoms with Crippen LogP contribution in [0.4, 0.5) is 0 Å². The topological polar surface area (TPSA) is 38.7 Å². The molecule has 11 aromatic rings. The van der Waals surface area contributed by atoms with Crippen molar-refractivity contribution in [2.24, 2.45) is 0 Å². The van der Waals surface area contributed by atoms with Gasteiger partial charge in [-0.2, -0.15) is 0 Å². The molecule has 13 rings (SSSR count). The summed E-state index contributed by atoms with van der Waals surface area (Å²) in [4.78, 5) is 18.6. The molecule has 0 fully saturated rings. The number of pyridine rings is 1. The van der Waals surface area contributed by atoms with Gasteiger partial charge < -0.3 is 0 Å². The van der Waals surface area contributed by atoms with Gasteiger partial charge in [-0.15, -0.1) is 0 Å². The van der Waals surface area contributed by atoms with E-state index in [1.807, 2.05) is 23.9 Å². The molecule has 4 heteroatoms. The lowest BCUT2D eigenvalue weighted by Gasteiger charge is -2.40. The van der Waals surface area contributed by atoms with Crippen molar-refractivity contribution in [2.75, 3.05) is 0 Å². The Hall–Kier alpha value is -7.66. The van der Waals surface area contributed by atoms with Crippen molar-refractivity contribution in [3.05, 3.63) is 235 Å². The van der Waals surface area contributed by atoms with Crippen LogP contribution in [0, 0.1) is 0 Å². The van der Waals surface area contributed by atoms with E-state index in [-0.39, 0.29) is 0 Å². The normalized spacial score (nSPS) is 13.2. The number of rotatable bonds is 4. The summed E-state index contributed by atoms with van der Waals surface area (Å²) in [6.45, 7) is 0. The fourth-order valence-electron chi connectivity index (χ4n) is 10.2. The second kappa shape index (κ2) is 13.7. The van der Waals surface area contributed by atoms with Crippen LogP contribution in [0.5, 0.6) is 0 Å². The van der Waals surface area contributed by atoms with Gasteiger partial charge in [0, 0.05) is 42.6 Å². The van der Waals surface area contributed by atoms with E-state index in [2.05, 4.69) is 200 Å². The Morgan fingerprint density at radius 1 is 0.323 bits per heavy atom. The molecule has 1 aliphatic heterocycles. The third-order valence-corrected chi connectivity index (χ3v) is 14.1. The SMILES string of the molecule is c1ccc(-c2nc3ccc(-c4ccc5c(c4)nc(-c4ccccc4)c4ccc6c(c45)Sc4ccccc4C64c5ccccc5-c5ccccc54)cc3nc2-c2ccccc2)cc1. The standard InChI is InChI=1S/C58H35N3S/c1-4-16-36(17-5-1)54-44-31-32-48-57(62-52-27-15-14-26-47(52)58(48)45-24-12-10-22-41(45)42-23-11-13-25-46(42)58)53(44)43-30-28-39(34-50(43)60-54)40-29-33-49-51(35-40)61-56(38-20-8-3-9-21-38)55(59-49)37-18-6-2-7-19-37/h1-35H. The summed E-state index contributed by atoms with van der Waals surface area (Å²) in [5.41, 5.74) is 18.2. The predicted molar refractivity (Wildman–Crippen MR) is 256 cm³/mol. The van der Waals surface area contributed by atoms with Gasteiger partial charge in [-0.3, -0.25) is 0 Å². The zero-order chi connectivity index (χ0) is 40.8. The second-order valence-electron chi connectivity index (χ2n) is 16.2. The molecule has 0 radical (unpaired) electrons. The van der Waals surface area contributed by atoms with E-state index in [0.717, 1.165) is 72.2 Å². The highest BCUT2D eigenvalue weighted by atomic mass is 32.2. The monoisotopic (exact) mass is 805 g/mol. The molecule has 288 valence electrons. The van der Waals surface area contributed by atoms with E-state index in [1.54, 1.807) is 0 Å². The van der Waals surface area contributed by atoms with Crippen LogP contribution in [0.1, 0.15) is 22.3 Å². The molecule has 2 aromatic heterocycles. The lowest BCUT2D eigenvalue weighted by atomic mass is 9.67. The average molecular weight is 806 g/mol. The molecule has 0 atom stereocenters. The molecule has 0 saturated heterocycles. The zero-order valence-electron chi connectivity index (χ0n) is 33.5. The summed E-state index contributed by atoms with van der Waals surface area (Å²) in [5.74, 6) is 0. The Balaban J connectivity index is 1.06. The van der Waals surface area contributed by atoms with Gasteiger partial charge in [-0.25, -0.2) is 15.0 Å². The summed E-state index contributed by atoms with van der Waals surface area (Å²) < 4.78 is 0. The van der Waals surface area contributed by atoms with Crippen molar-refractivity contribution in [3.8, 4) is 56.0 Å². The Morgan fingerprint density at radius 2 is 0.806 bits per heavy atom. The van der Waals surface area contributed by atoms with Crippen LogP contribution in [0.3, 0.4) is 0 Å². The van der Waals surface area contributed by atoms with Gasteiger partial charge in [0.2, 0.25) is 0 Å². The van der Waals surface area contributed by atoms with Crippen LogP contribution in [-0.2, 0) is 5.41 Å². The van der Waals surface area contributed by atoms with E-state index in [1.165, 1.54) is 48.6 Å². The van der Waals surface area contributed by atoms with Crippen molar-refractivity contribution in [2.45, 2.75) is 15.2 Å². The van der Waals surface area contributed by atoms with Gasteiger partial charge in [0.15, 0.2) is 0 Å². The molecular formula is C58H35N3S. The summed E-state index contributed by atoms with van der Waals surface area (Å²) in [6.07, 6.45) is 0. The number of fused-ring (bicyclic) bond motifs is 14. The molecule has 1 aliphatic carbocycles. The predicted octanol–water partition coefficient (Wildman–Crippen LogP) is 14.8. The van der Waals surface area contributed by atoms with Crippen molar-refractivity contribution in [3.63, 3.8) is 0 Å². The highest BCUT2D eigenvalue weighted by Gasteiger charge is 2.50. The minimum atomic E-state index is -0.466. The molecule has 2 aliphatic rings. The summed E-state index contributed by atoms with van der Waals surface area (Å²) in [5, 5.41) is 3.53. The lowest BCUT2D eigenvalue weighted by molar-refractivity contribution is 0.726. The third kappa shape index (κ3) is 5.11. The number of benzene rings is 9. The van der Waals surface area contributed by atoms with E-state index in [4.69, 9.17) is 15.0 Å². The molecule has 0 unspecified atom stereocenters. The van der Waals surface area contributed by atoms with Gasteiger partial charge in [0.25, 0.3) is 0 Å². The average Bonchev–Trinajstić information content (AvgIpc) is 3.64. The van der Waals surface area contributed by atoms with Crippen LogP contribution in [0.25, 0.3) is 88.7 Å². The van der Waals surface area contributed by atoms with E-state index in [0.29, 0.717) is 0 Å². The minimum Gasteiger partial charge on any atom is -0.247 e. The largest absolute Gasteiger partial charge is 0.247 e. The van der Waals surface area contributed by atoms with Crippen LogP contribution >= 0.6 is 11.8 Å². The van der Waals surface area contributed by atoms with E-state index >= 15 is 0 Å².